The molecule has 0 atom stereocenters. The van der Waals surface area contributed by atoms with Crippen LogP contribution in [0.3, 0.4) is 0 Å². The van der Waals surface area contributed by atoms with Crippen LogP contribution in [-0.2, 0) is 11.4 Å². The van der Waals surface area contributed by atoms with Crippen LogP contribution < -0.4 is 14.8 Å². The smallest absolute Gasteiger partial charge is 0.268 e. The summed E-state index contributed by atoms with van der Waals surface area (Å²) in [6.07, 6.45) is 1.53. The molecule has 0 spiro atoms. The van der Waals surface area contributed by atoms with Crippen molar-refractivity contribution in [2.45, 2.75) is 34.3 Å². The molecule has 0 unspecified atom stereocenters. The standard InChI is InChI=1S/C29H27N3O3S/c1-5-34-26-15-22(10-11-25(26)35-17-21-8-6-18(2)7-9-21)14-23(16-30)28(33)32-29-31-24-12-19(3)20(4)13-27(24)36-29/h6-15H,5,17H2,1-4H3,(H,31,32,33)/b23-14+. The molecule has 0 radical (unpaired) electrons. The van der Waals surface area contributed by atoms with Crippen LogP contribution in [0, 0.1) is 32.1 Å². The van der Waals surface area contributed by atoms with E-state index in [0.717, 1.165) is 26.9 Å². The number of carbonyl (C=O) groups excluding carboxylic acids is 1. The highest BCUT2D eigenvalue weighted by Gasteiger charge is 2.14. The third-order valence-corrected chi connectivity index (χ3v) is 6.62. The fourth-order valence-electron chi connectivity index (χ4n) is 3.56. The molecule has 182 valence electrons. The highest BCUT2D eigenvalue weighted by Crippen LogP contribution is 2.31. The molecule has 1 N–H and O–H groups in total. The molecular weight excluding hydrogens is 470 g/mol. The number of fused-ring (bicyclic) bond motifs is 1. The van der Waals surface area contributed by atoms with E-state index in [1.54, 1.807) is 18.2 Å². The van der Waals surface area contributed by atoms with Crippen LogP contribution >= 0.6 is 11.3 Å². The monoisotopic (exact) mass is 497 g/mol. The van der Waals surface area contributed by atoms with Crippen molar-refractivity contribution in [1.29, 1.82) is 5.26 Å². The topological polar surface area (TPSA) is 84.2 Å². The van der Waals surface area contributed by atoms with Crippen molar-refractivity contribution < 1.29 is 14.3 Å². The fourth-order valence-corrected chi connectivity index (χ4v) is 4.50. The molecule has 1 heterocycles. The Balaban J connectivity index is 1.51. The van der Waals surface area contributed by atoms with E-state index in [0.29, 0.717) is 35.4 Å². The molecule has 3 aromatic carbocycles. The number of hydrogen-bond acceptors (Lipinski definition) is 6. The Kier molecular flexibility index (Phi) is 7.67. The molecule has 0 aliphatic rings. The van der Waals surface area contributed by atoms with Crippen LogP contribution in [0.2, 0.25) is 0 Å². The van der Waals surface area contributed by atoms with E-state index in [9.17, 15) is 10.1 Å². The molecule has 0 aliphatic carbocycles. The van der Waals surface area contributed by atoms with E-state index in [-0.39, 0.29) is 5.57 Å². The van der Waals surface area contributed by atoms with Crippen molar-refractivity contribution in [2.75, 3.05) is 11.9 Å². The summed E-state index contributed by atoms with van der Waals surface area (Å²) in [4.78, 5) is 17.3. The maximum absolute atomic E-state index is 12.8. The minimum atomic E-state index is -0.511. The number of nitrogens with one attached hydrogen (secondary N) is 1. The first kappa shape index (κ1) is 25.0. The Labute approximate surface area is 214 Å². The van der Waals surface area contributed by atoms with Crippen LogP contribution in [0.4, 0.5) is 5.13 Å². The summed E-state index contributed by atoms with van der Waals surface area (Å²) in [6, 6.07) is 19.5. The minimum Gasteiger partial charge on any atom is -0.490 e. The van der Waals surface area contributed by atoms with E-state index < -0.39 is 5.91 Å². The summed E-state index contributed by atoms with van der Waals surface area (Å²) in [5.41, 5.74) is 5.99. The van der Waals surface area contributed by atoms with Gasteiger partial charge in [0.25, 0.3) is 5.91 Å². The van der Waals surface area contributed by atoms with Crippen molar-refractivity contribution in [3.8, 4) is 17.6 Å². The van der Waals surface area contributed by atoms with E-state index in [1.165, 1.54) is 23.0 Å². The highest BCUT2D eigenvalue weighted by molar-refractivity contribution is 7.22. The van der Waals surface area contributed by atoms with Crippen LogP contribution in [0.1, 0.15) is 34.7 Å². The molecule has 4 aromatic rings. The molecule has 7 heteroatoms. The molecule has 0 aliphatic heterocycles. The van der Waals surface area contributed by atoms with Crippen LogP contribution in [0.5, 0.6) is 11.5 Å². The molecule has 36 heavy (non-hydrogen) atoms. The van der Waals surface area contributed by atoms with E-state index in [2.05, 4.69) is 16.4 Å². The third kappa shape index (κ3) is 5.91. The van der Waals surface area contributed by atoms with Crippen LogP contribution in [0.15, 0.2) is 60.2 Å². The molecule has 6 nitrogen and oxygen atoms in total. The fraction of sp³-hybridized carbons (Fsp3) is 0.207. The Morgan fingerprint density at radius 3 is 2.50 bits per heavy atom. The number of carbonyl (C=O) groups is 1. The maximum Gasteiger partial charge on any atom is 0.268 e. The third-order valence-electron chi connectivity index (χ3n) is 5.68. The number of benzene rings is 3. The quantitative estimate of drug-likeness (QED) is 0.215. The number of rotatable bonds is 8. The summed E-state index contributed by atoms with van der Waals surface area (Å²) < 4.78 is 12.7. The van der Waals surface area contributed by atoms with Gasteiger partial charge in [-0.05, 0) is 80.3 Å². The summed E-state index contributed by atoms with van der Waals surface area (Å²) in [6.45, 7) is 8.86. The van der Waals surface area contributed by atoms with Crippen LogP contribution in [0.25, 0.3) is 16.3 Å². The zero-order valence-electron chi connectivity index (χ0n) is 20.7. The largest absolute Gasteiger partial charge is 0.490 e. The molecule has 0 saturated heterocycles. The second-order valence-electron chi connectivity index (χ2n) is 8.46. The predicted molar refractivity (Wildman–Crippen MR) is 144 cm³/mol. The number of thiazole rings is 1. The van der Waals surface area contributed by atoms with Gasteiger partial charge in [-0.3, -0.25) is 10.1 Å². The van der Waals surface area contributed by atoms with Gasteiger partial charge in [0.15, 0.2) is 16.6 Å². The van der Waals surface area contributed by atoms with Gasteiger partial charge in [-0.2, -0.15) is 5.26 Å². The van der Waals surface area contributed by atoms with Crippen LogP contribution in [-0.4, -0.2) is 17.5 Å². The first-order chi connectivity index (χ1) is 17.4. The lowest BCUT2D eigenvalue weighted by molar-refractivity contribution is -0.112. The zero-order chi connectivity index (χ0) is 25.7. The number of aryl methyl sites for hydroxylation is 3. The van der Waals surface area contributed by atoms with Gasteiger partial charge in [0.2, 0.25) is 0 Å². The second-order valence-corrected chi connectivity index (χ2v) is 9.49. The van der Waals surface area contributed by atoms with Gasteiger partial charge in [-0.25, -0.2) is 4.98 Å². The molecule has 0 fully saturated rings. The SMILES string of the molecule is CCOc1cc(/C=C(\C#N)C(=O)Nc2nc3cc(C)c(C)cc3s2)ccc1OCc1ccc(C)cc1. The first-order valence-electron chi connectivity index (χ1n) is 11.6. The minimum absolute atomic E-state index is 0.0302. The normalized spacial score (nSPS) is 11.2. The average molecular weight is 498 g/mol. The van der Waals surface area contributed by atoms with Gasteiger partial charge in [0.1, 0.15) is 18.2 Å². The maximum atomic E-state index is 12.8. The number of hydrogen-bond donors (Lipinski definition) is 1. The summed E-state index contributed by atoms with van der Waals surface area (Å²) in [5, 5.41) is 12.9. The molecule has 4 rings (SSSR count). The lowest BCUT2D eigenvalue weighted by Crippen LogP contribution is -2.13. The summed E-state index contributed by atoms with van der Waals surface area (Å²) in [5.74, 6) is 0.633. The highest BCUT2D eigenvalue weighted by atomic mass is 32.1. The summed E-state index contributed by atoms with van der Waals surface area (Å²) >= 11 is 1.38. The molecule has 0 bridgehead atoms. The van der Waals surface area contributed by atoms with Crippen molar-refractivity contribution >= 4 is 38.7 Å². The van der Waals surface area contributed by atoms with E-state index in [1.807, 2.05) is 64.1 Å². The Bertz CT molecular complexity index is 1440. The van der Waals surface area contributed by atoms with Gasteiger partial charge < -0.3 is 9.47 Å². The number of nitrogens with zero attached hydrogens (tertiary/aromatic N) is 2. The molecule has 1 aromatic heterocycles. The first-order valence-corrected chi connectivity index (χ1v) is 12.4. The lowest BCUT2D eigenvalue weighted by atomic mass is 10.1. The van der Waals surface area contributed by atoms with Gasteiger partial charge in [0.05, 0.1) is 16.8 Å². The number of amides is 1. The van der Waals surface area contributed by atoms with Crippen molar-refractivity contribution in [1.82, 2.24) is 4.98 Å². The van der Waals surface area contributed by atoms with E-state index >= 15 is 0 Å². The van der Waals surface area contributed by atoms with Crippen molar-refractivity contribution in [3.63, 3.8) is 0 Å². The van der Waals surface area contributed by atoms with Gasteiger partial charge in [0, 0.05) is 0 Å². The van der Waals surface area contributed by atoms with Crippen molar-refractivity contribution in [2.24, 2.45) is 0 Å². The summed E-state index contributed by atoms with van der Waals surface area (Å²) in [7, 11) is 0. The zero-order valence-corrected chi connectivity index (χ0v) is 21.5. The number of anilines is 1. The average Bonchev–Trinajstić information content (AvgIpc) is 3.24. The van der Waals surface area contributed by atoms with Crippen molar-refractivity contribution in [3.05, 3.63) is 88.0 Å². The Hall–Kier alpha value is -4.15. The molecule has 1 amide bonds. The van der Waals surface area contributed by atoms with Gasteiger partial charge in [-0.15, -0.1) is 0 Å². The van der Waals surface area contributed by atoms with E-state index in [4.69, 9.17) is 9.47 Å². The van der Waals surface area contributed by atoms with Gasteiger partial charge >= 0.3 is 0 Å². The number of ether oxygens (including phenoxy) is 2. The van der Waals surface area contributed by atoms with Gasteiger partial charge in [-0.1, -0.05) is 47.2 Å². The predicted octanol–water partition coefficient (Wildman–Crippen LogP) is 6.74. The Morgan fingerprint density at radius 1 is 1.03 bits per heavy atom. The lowest BCUT2D eigenvalue weighted by Gasteiger charge is -2.13. The molecule has 0 saturated carbocycles. The Morgan fingerprint density at radius 2 is 1.78 bits per heavy atom. The molecular formula is C29H27N3O3S. The number of nitriles is 1. The number of aromatic nitrogens is 1. The second kappa shape index (κ2) is 11.1.